The topological polar surface area (TPSA) is 46.2 Å². The number of phenolic OH excluding ortho intramolecular Hbond substituents is 1. The lowest BCUT2D eigenvalue weighted by molar-refractivity contribution is 0.475. The van der Waals surface area contributed by atoms with Gasteiger partial charge in [-0.25, -0.2) is 0 Å². The van der Waals surface area contributed by atoms with Crippen molar-refractivity contribution in [1.82, 2.24) is 0 Å². The molecule has 0 aromatic heterocycles. The number of rotatable bonds is 1. The van der Waals surface area contributed by atoms with Gasteiger partial charge >= 0.3 is 0 Å². The first-order valence-corrected chi connectivity index (χ1v) is 4.41. The molecule has 0 amide bonds. The summed E-state index contributed by atoms with van der Waals surface area (Å²) >= 11 is 0. The lowest BCUT2D eigenvalue weighted by atomic mass is 10.0. The molecule has 2 heteroatoms. The number of nitrogens with two attached hydrogens (primary N) is 1. The summed E-state index contributed by atoms with van der Waals surface area (Å²) in [5, 5.41) is 9.32. The maximum Gasteiger partial charge on any atom is 0.116 e. The highest BCUT2D eigenvalue weighted by Gasteiger charge is 2.01. The van der Waals surface area contributed by atoms with Gasteiger partial charge in [-0.2, -0.15) is 0 Å². The van der Waals surface area contributed by atoms with Crippen molar-refractivity contribution in [2.45, 2.75) is 0 Å². The highest BCUT2D eigenvalue weighted by molar-refractivity contribution is 5.76. The largest absolute Gasteiger partial charge is 0.508 e. The molecule has 0 unspecified atom stereocenters. The molecule has 0 bridgehead atoms. The highest BCUT2D eigenvalue weighted by atomic mass is 16.3. The fraction of sp³-hybridized carbons (Fsp3) is 0. The Bertz CT molecular complexity index is 452. The van der Waals surface area contributed by atoms with Gasteiger partial charge in [0.15, 0.2) is 0 Å². The van der Waals surface area contributed by atoms with Gasteiger partial charge in [0.05, 0.1) is 0 Å². The van der Waals surface area contributed by atoms with Crippen LogP contribution in [0, 0.1) is 0 Å². The van der Waals surface area contributed by atoms with Crippen LogP contribution in [-0.2, 0) is 0 Å². The van der Waals surface area contributed by atoms with Crippen LogP contribution in [0.4, 0.5) is 5.69 Å². The van der Waals surface area contributed by atoms with Crippen molar-refractivity contribution in [3.05, 3.63) is 48.5 Å². The third kappa shape index (κ3) is 1.55. The van der Waals surface area contributed by atoms with E-state index in [9.17, 15) is 5.11 Å². The van der Waals surface area contributed by atoms with Gasteiger partial charge in [0, 0.05) is 11.3 Å². The van der Waals surface area contributed by atoms with Gasteiger partial charge in [-0.05, 0) is 23.8 Å². The zero-order valence-corrected chi connectivity index (χ0v) is 7.64. The van der Waals surface area contributed by atoms with Gasteiger partial charge in [0.1, 0.15) is 5.75 Å². The van der Waals surface area contributed by atoms with Gasteiger partial charge < -0.3 is 10.8 Å². The molecule has 0 aliphatic carbocycles. The summed E-state index contributed by atoms with van der Waals surface area (Å²) in [7, 11) is 0. The number of para-hydroxylation sites is 1. The number of anilines is 1. The lowest BCUT2D eigenvalue weighted by Crippen LogP contribution is -1.88. The summed E-state index contributed by atoms with van der Waals surface area (Å²) in [6, 6.07) is 14.7. The van der Waals surface area contributed by atoms with E-state index in [4.69, 9.17) is 5.73 Å². The molecule has 0 aliphatic heterocycles. The second-order valence-electron chi connectivity index (χ2n) is 3.14. The molecule has 0 saturated carbocycles. The molecule has 0 saturated heterocycles. The summed E-state index contributed by atoms with van der Waals surface area (Å²) in [5.41, 5.74) is 8.42. The fourth-order valence-electron chi connectivity index (χ4n) is 1.43. The van der Waals surface area contributed by atoms with Crippen LogP contribution in [0.5, 0.6) is 5.75 Å². The molecule has 0 fully saturated rings. The number of benzene rings is 2. The lowest BCUT2D eigenvalue weighted by Gasteiger charge is -2.05. The molecule has 14 heavy (non-hydrogen) atoms. The van der Waals surface area contributed by atoms with Crippen LogP contribution >= 0.6 is 0 Å². The summed E-state index contributed by atoms with van der Waals surface area (Å²) in [4.78, 5) is 0. The Morgan fingerprint density at radius 3 is 2.43 bits per heavy atom. The Kier molecular flexibility index (Phi) is 2.11. The smallest absolute Gasteiger partial charge is 0.116 e. The Morgan fingerprint density at radius 2 is 1.71 bits per heavy atom. The van der Waals surface area contributed by atoms with E-state index in [-0.39, 0.29) is 5.75 Å². The molecule has 0 atom stereocenters. The van der Waals surface area contributed by atoms with E-state index in [2.05, 4.69) is 0 Å². The monoisotopic (exact) mass is 185 g/mol. The van der Waals surface area contributed by atoms with Gasteiger partial charge in [0.25, 0.3) is 0 Å². The molecule has 70 valence electrons. The first kappa shape index (κ1) is 8.63. The number of nitrogen functional groups attached to an aromatic ring is 1. The first-order valence-electron chi connectivity index (χ1n) is 4.41. The van der Waals surface area contributed by atoms with Gasteiger partial charge in [-0.15, -0.1) is 0 Å². The molecule has 0 aliphatic rings. The predicted octanol–water partition coefficient (Wildman–Crippen LogP) is 2.64. The van der Waals surface area contributed by atoms with Crippen LogP contribution in [-0.4, -0.2) is 5.11 Å². The standard InChI is InChI=1S/C12H11NO/c13-12-7-2-1-6-11(12)9-4-3-5-10(14)8-9/h1-8,14H,13H2. The number of hydrogen-bond donors (Lipinski definition) is 2. The summed E-state index contributed by atoms with van der Waals surface area (Å²) in [6.07, 6.45) is 0. The average Bonchev–Trinajstić information content (AvgIpc) is 2.18. The molecule has 2 nitrogen and oxygen atoms in total. The molecule has 0 heterocycles. The third-order valence-corrected chi connectivity index (χ3v) is 2.12. The van der Waals surface area contributed by atoms with E-state index in [1.165, 1.54) is 0 Å². The van der Waals surface area contributed by atoms with Crippen molar-refractivity contribution in [1.29, 1.82) is 0 Å². The predicted molar refractivity (Wildman–Crippen MR) is 58.0 cm³/mol. The number of phenols is 1. The maximum atomic E-state index is 9.32. The first-order chi connectivity index (χ1) is 6.77. The number of hydrogen-bond acceptors (Lipinski definition) is 2. The van der Waals surface area contributed by atoms with E-state index < -0.39 is 0 Å². The van der Waals surface area contributed by atoms with Crippen molar-refractivity contribution in [3.8, 4) is 16.9 Å². The van der Waals surface area contributed by atoms with Crippen LogP contribution in [0.15, 0.2) is 48.5 Å². The van der Waals surface area contributed by atoms with Gasteiger partial charge in [-0.1, -0.05) is 30.3 Å². The van der Waals surface area contributed by atoms with Crippen molar-refractivity contribution in [3.63, 3.8) is 0 Å². The van der Waals surface area contributed by atoms with Crippen LogP contribution < -0.4 is 5.73 Å². The molecule has 0 radical (unpaired) electrons. The zero-order chi connectivity index (χ0) is 9.97. The van der Waals surface area contributed by atoms with Crippen LogP contribution in [0.3, 0.4) is 0 Å². The summed E-state index contributed by atoms with van der Waals surface area (Å²) in [5.74, 6) is 0.255. The van der Waals surface area contributed by atoms with E-state index >= 15 is 0 Å². The molecule has 2 aromatic rings. The minimum atomic E-state index is 0.255. The third-order valence-electron chi connectivity index (χ3n) is 2.12. The van der Waals surface area contributed by atoms with Crippen molar-refractivity contribution in [2.24, 2.45) is 0 Å². The molecule has 3 N–H and O–H groups in total. The van der Waals surface area contributed by atoms with Crippen molar-refractivity contribution < 1.29 is 5.11 Å². The highest BCUT2D eigenvalue weighted by Crippen LogP contribution is 2.27. The normalized spacial score (nSPS) is 10.0. The molecular weight excluding hydrogens is 174 g/mol. The quantitative estimate of drug-likeness (QED) is 0.671. The maximum absolute atomic E-state index is 9.32. The zero-order valence-electron chi connectivity index (χ0n) is 7.64. The molecule has 0 spiro atoms. The Hall–Kier alpha value is -1.96. The van der Waals surface area contributed by atoms with Crippen molar-refractivity contribution >= 4 is 5.69 Å². The second kappa shape index (κ2) is 3.42. The van der Waals surface area contributed by atoms with Crippen LogP contribution in [0.2, 0.25) is 0 Å². The van der Waals surface area contributed by atoms with E-state index in [0.717, 1.165) is 16.8 Å². The minimum Gasteiger partial charge on any atom is -0.508 e. The Morgan fingerprint density at radius 1 is 0.929 bits per heavy atom. The summed E-state index contributed by atoms with van der Waals surface area (Å²) in [6.45, 7) is 0. The summed E-state index contributed by atoms with van der Waals surface area (Å²) < 4.78 is 0. The second-order valence-corrected chi connectivity index (χ2v) is 3.14. The molecule has 2 aromatic carbocycles. The van der Waals surface area contributed by atoms with Gasteiger partial charge in [0.2, 0.25) is 0 Å². The molecule has 2 rings (SSSR count). The van der Waals surface area contributed by atoms with Gasteiger partial charge in [-0.3, -0.25) is 0 Å². The van der Waals surface area contributed by atoms with E-state index in [1.807, 2.05) is 30.3 Å². The fourth-order valence-corrected chi connectivity index (χ4v) is 1.43. The SMILES string of the molecule is Nc1ccccc1-c1cccc(O)c1. The minimum absolute atomic E-state index is 0.255. The number of aromatic hydroxyl groups is 1. The van der Waals surface area contributed by atoms with Crippen molar-refractivity contribution in [2.75, 3.05) is 5.73 Å². The average molecular weight is 185 g/mol. The van der Waals surface area contributed by atoms with Crippen LogP contribution in [0.1, 0.15) is 0 Å². The van der Waals surface area contributed by atoms with E-state index in [1.54, 1.807) is 18.2 Å². The van der Waals surface area contributed by atoms with E-state index in [0.29, 0.717) is 0 Å². The Labute approximate surface area is 82.6 Å². The van der Waals surface area contributed by atoms with Crippen LogP contribution in [0.25, 0.3) is 11.1 Å². The molecular formula is C12H11NO. The Balaban J connectivity index is 2.55.